The van der Waals surface area contributed by atoms with Gasteiger partial charge in [0.1, 0.15) is 12.4 Å². The first kappa shape index (κ1) is 15.0. The van der Waals surface area contributed by atoms with Crippen LogP contribution in [-0.4, -0.2) is 24.2 Å². The summed E-state index contributed by atoms with van der Waals surface area (Å²) in [6.07, 6.45) is 0. The summed E-state index contributed by atoms with van der Waals surface area (Å²) >= 11 is 5.81. The Bertz CT molecular complexity index is 597. The lowest BCUT2D eigenvalue weighted by molar-refractivity contribution is 0.318. The molecule has 0 aliphatic carbocycles. The highest BCUT2D eigenvalue weighted by atomic mass is 35.5. The van der Waals surface area contributed by atoms with Crippen molar-refractivity contribution in [2.75, 3.05) is 18.5 Å². The predicted octanol–water partition coefficient (Wildman–Crippen LogP) is 2.93. The van der Waals surface area contributed by atoms with Crippen molar-refractivity contribution < 1.29 is 9.94 Å². The zero-order valence-corrected chi connectivity index (χ0v) is 12.0. The van der Waals surface area contributed by atoms with Crippen LogP contribution in [0.3, 0.4) is 0 Å². The Kier molecular flexibility index (Phi) is 5.29. The van der Waals surface area contributed by atoms with Gasteiger partial charge in [-0.15, -0.1) is 0 Å². The van der Waals surface area contributed by atoms with Crippen molar-refractivity contribution in [3.05, 3.63) is 59.1 Å². The molecule has 0 aromatic heterocycles. The van der Waals surface area contributed by atoms with E-state index in [1.54, 1.807) is 24.3 Å². The average molecular weight is 306 g/mol. The lowest BCUT2D eigenvalue weighted by atomic mass is 10.2. The van der Waals surface area contributed by atoms with Crippen LogP contribution in [0.4, 0.5) is 5.69 Å². The van der Waals surface area contributed by atoms with Crippen molar-refractivity contribution in [2.24, 2.45) is 10.9 Å². The Morgan fingerprint density at radius 3 is 2.43 bits per heavy atom. The third-order valence-corrected chi connectivity index (χ3v) is 3.05. The van der Waals surface area contributed by atoms with Crippen molar-refractivity contribution >= 4 is 23.1 Å². The summed E-state index contributed by atoms with van der Waals surface area (Å²) in [6.45, 7) is 1.19. The van der Waals surface area contributed by atoms with Crippen LogP contribution >= 0.6 is 11.6 Å². The van der Waals surface area contributed by atoms with Crippen LogP contribution in [0, 0.1) is 0 Å². The molecule has 0 fully saturated rings. The fourth-order valence-corrected chi connectivity index (χ4v) is 1.84. The first-order chi connectivity index (χ1) is 10.2. The number of hydrogen-bond donors (Lipinski definition) is 3. The minimum absolute atomic E-state index is 0.0750. The van der Waals surface area contributed by atoms with Gasteiger partial charge in [-0.2, -0.15) is 0 Å². The zero-order chi connectivity index (χ0) is 15.1. The number of anilines is 1. The Balaban J connectivity index is 1.77. The van der Waals surface area contributed by atoms with E-state index in [1.807, 2.05) is 24.3 Å². The van der Waals surface area contributed by atoms with E-state index in [-0.39, 0.29) is 5.84 Å². The molecular weight excluding hydrogens is 290 g/mol. The van der Waals surface area contributed by atoms with E-state index in [4.69, 9.17) is 27.3 Å². The van der Waals surface area contributed by atoms with Crippen LogP contribution in [0.1, 0.15) is 5.56 Å². The lowest BCUT2D eigenvalue weighted by Gasteiger charge is -2.09. The van der Waals surface area contributed by atoms with Crippen LogP contribution in [0.2, 0.25) is 5.02 Å². The fourth-order valence-electron chi connectivity index (χ4n) is 1.71. The van der Waals surface area contributed by atoms with E-state index in [0.29, 0.717) is 23.7 Å². The van der Waals surface area contributed by atoms with Gasteiger partial charge in [0.25, 0.3) is 0 Å². The number of amidine groups is 1. The summed E-state index contributed by atoms with van der Waals surface area (Å²) in [5.41, 5.74) is 7.11. The summed E-state index contributed by atoms with van der Waals surface area (Å²) < 4.78 is 5.59. The van der Waals surface area contributed by atoms with Gasteiger partial charge in [0, 0.05) is 22.8 Å². The van der Waals surface area contributed by atoms with Gasteiger partial charge in [-0.05, 0) is 48.5 Å². The molecule has 4 N–H and O–H groups in total. The van der Waals surface area contributed by atoms with Gasteiger partial charge < -0.3 is 21.0 Å². The van der Waals surface area contributed by atoms with Gasteiger partial charge in [0.2, 0.25) is 0 Å². The number of rotatable bonds is 6. The van der Waals surface area contributed by atoms with Crippen LogP contribution in [-0.2, 0) is 0 Å². The van der Waals surface area contributed by atoms with Crippen molar-refractivity contribution in [2.45, 2.75) is 0 Å². The van der Waals surface area contributed by atoms with E-state index in [0.717, 1.165) is 11.4 Å². The zero-order valence-electron chi connectivity index (χ0n) is 11.3. The number of oxime groups is 1. The number of nitrogens with one attached hydrogen (secondary N) is 1. The van der Waals surface area contributed by atoms with Crippen LogP contribution in [0.25, 0.3) is 0 Å². The van der Waals surface area contributed by atoms with E-state index in [9.17, 15) is 0 Å². The van der Waals surface area contributed by atoms with Crippen LogP contribution in [0.15, 0.2) is 53.7 Å². The molecule has 2 aromatic carbocycles. The first-order valence-corrected chi connectivity index (χ1v) is 6.77. The standard InChI is InChI=1S/C15H16ClN3O2/c16-12-3-5-13(6-4-12)18-9-10-21-14-7-1-11(2-8-14)15(17)19-20/h1-8,18,20H,9-10H2,(H2,17,19). The molecule has 0 aliphatic heterocycles. The quantitative estimate of drug-likeness (QED) is 0.252. The van der Waals surface area contributed by atoms with E-state index in [1.165, 1.54) is 0 Å². The maximum absolute atomic E-state index is 8.57. The van der Waals surface area contributed by atoms with Gasteiger partial charge in [0.15, 0.2) is 5.84 Å². The fraction of sp³-hybridized carbons (Fsp3) is 0.133. The number of benzene rings is 2. The number of hydrogen-bond acceptors (Lipinski definition) is 4. The predicted molar refractivity (Wildman–Crippen MR) is 84.4 cm³/mol. The third kappa shape index (κ3) is 4.57. The molecule has 2 aromatic rings. The molecule has 5 nitrogen and oxygen atoms in total. The molecule has 0 heterocycles. The van der Waals surface area contributed by atoms with E-state index in [2.05, 4.69) is 10.5 Å². The van der Waals surface area contributed by atoms with Gasteiger partial charge in [-0.1, -0.05) is 16.8 Å². The normalized spacial score (nSPS) is 11.2. The summed E-state index contributed by atoms with van der Waals surface area (Å²) in [4.78, 5) is 0. The second kappa shape index (κ2) is 7.40. The average Bonchev–Trinajstić information content (AvgIpc) is 2.53. The van der Waals surface area contributed by atoms with Crippen LogP contribution in [0.5, 0.6) is 5.75 Å². The number of nitrogens with two attached hydrogens (primary N) is 1. The summed E-state index contributed by atoms with van der Waals surface area (Å²) in [6, 6.07) is 14.5. The Labute approximate surface area is 128 Å². The molecule has 0 spiro atoms. The van der Waals surface area contributed by atoms with Gasteiger partial charge in [-0.3, -0.25) is 0 Å². The van der Waals surface area contributed by atoms with Crippen molar-refractivity contribution in [1.82, 2.24) is 0 Å². The molecule has 0 saturated heterocycles. The minimum Gasteiger partial charge on any atom is -0.492 e. The van der Waals surface area contributed by atoms with Gasteiger partial charge in [0.05, 0.1) is 0 Å². The molecular formula is C15H16ClN3O2. The summed E-state index contributed by atoms with van der Waals surface area (Å²) in [7, 11) is 0. The Hall–Kier alpha value is -2.40. The van der Waals surface area contributed by atoms with Crippen LogP contribution < -0.4 is 15.8 Å². The molecule has 0 amide bonds. The molecule has 2 rings (SSSR count). The minimum atomic E-state index is 0.0750. The highest BCUT2D eigenvalue weighted by molar-refractivity contribution is 6.30. The maximum atomic E-state index is 8.57. The molecule has 0 unspecified atom stereocenters. The van der Waals surface area contributed by atoms with E-state index < -0.39 is 0 Å². The highest BCUT2D eigenvalue weighted by Gasteiger charge is 1.99. The maximum Gasteiger partial charge on any atom is 0.170 e. The third-order valence-electron chi connectivity index (χ3n) is 2.80. The van der Waals surface area contributed by atoms with Crippen molar-refractivity contribution in [3.8, 4) is 5.75 Å². The smallest absolute Gasteiger partial charge is 0.170 e. The second-order valence-corrected chi connectivity index (χ2v) is 4.73. The lowest BCUT2D eigenvalue weighted by Crippen LogP contribution is -2.13. The molecule has 110 valence electrons. The number of halogens is 1. The molecule has 0 bridgehead atoms. The molecule has 0 aliphatic rings. The van der Waals surface area contributed by atoms with Crippen molar-refractivity contribution in [1.29, 1.82) is 0 Å². The SMILES string of the molecule is NC(=NO)c1ccc(OCCNc2ccc(Cl)cc2)cc1. The number of ether oxygens (including phenoxy) is 1. The Morgan fingerprint density at radius 2 is 1.81 bits per heavy atom. The molecule has 21 heavy (non-hydrogen) atoms. The van der Waals surface area contributed by atoms with Gasteiger partial charge in [-0.25, -0.2) is 0 Å². The summed E-state index contributed by atoms with van der Waals surface area (Å²) in [5.74, 6) is 0.799. The molecule has 6 heteroatoms. The topological polar surface area (TPSA) is 79.9 Å². The molecule has 0 radical (unpaired) electrons. The molecule has 0 saturated carbocycles. The molecule has 0 atom stereocenters. The van der Waals surface area contributed by atoms with Crippen molar-refractivity contribution in [3.63, 3.8) is 0 Å². The monoisotopic (exact) mass is 305 g/mol. The number of nitrogens with zero attached hydrogens (tertiary/aromatic N) is 1. The van der Waals surface area contributed by atoms with Gasteiger partial charge >= 0.3 is 0 Å². The highest BCUT2D eigenvalue weighted by Crippen LogP contribution is 2.14. The Morgan fingerprint density at radius 1 is 1.14 bits per heavy atom. The first-order valence-electron chi connectivity index (χ1n) is 6.39. The largest absolute Gasteiger partial charge is 0.492 e. The second-order valence-electron chi connectivity index (χ2n) is 4.29. The summed E-state index contributed by atoms with van der Waals surface area (Å²) in [5, 5.41) is 15.4. The van der Waals surface area contributed by atoms with E-state index >= 15 is 0 Å².